The Morgan fingerprint density at radius 3 is 2.38 bits per heavy atom. The highest BCUT2D eigenvalue weighted by Crippen LogP contribution is 2.02. The van der Waals surface area contributed by atoms with Crippen LogP contribution in [0.25, 0.3) is 0 Å². The zero-order valence-corrected chi connectivity index (χ0v) is 7.77. The highest BCUT2D eigenvalue weighted by Gasteiger charge is 1.95. The summed E-state index contributed by atoms with van der Waals surface area (Å²) in [6.45, 7) is 0. The first-order valence-corrected chi connectivity index (χ1v) is 3.99. The molecule has 1 aromatic rings. The van der Waals surface area contributed by atoms with Crippen LogP contribution in [-0.2, 0) is 0 Å². The van der Waals surface area contributed by atoms with Crippen LogP contribution in [-0.4, -0.2) is 31.6 Å². The zero-order chi connectivity index (χ0) is 9.68. The summed E-state index contributed by atoms with van der Waals surface area (Å²) in [6.07, 6.45) is 2.50. The van der Waals surface area contributed by atoms with Gasteiger partial charge in [-0.2, -0.15) is 5.10 Å². The fourth-order valence-electron chi connectivity index (χ4n) is 0.913. The fourth-order valence-corrected chi connectivity index (χ4v) is 0.913. The predicted octanol–water partition coefficient (Wildman–Crippen LogP) is 1.39. The summed E-state index contributed by atoms with van der Waals surface area (Å²) in [5, 5.41) is 5.73. The van der Waals surface area contributed by atoms with Crippen LogP contribution in [0.15, 0.2) is 29.4 Å². The molecule has 1 rings (SSSR count). The van der Waals surface area contributed by atoms with E-state index in [1.54, 1.807) is 17.3 Å². The topological polar surface area (TPSA) is 32.7 Å². The molecule has 0 aromatic heterocycles. The van der Waals surface area contributed by atoms with Crippen molar-refractivity contribution < 1.29 is 4.79 Å². The van der Waals surface area contributed by atoms with Gasteiger partial charge in [-0.05, 0) is 0 Å². The van der Waals surface area contributed by atoms with Gasteiger partial charge in [-0.25, -0.2) is 0 Å². The van der Waals surface area contributed by atoms with E-state index in [0.29, 0.717) is 5.56 Å². The molecule has 0 radical (unpaired) electrons. The van der Waals surface area contributed by atoms with E-state index >= 15 is 0 Å². The number of carbonyl (C=O) groups is 1. The molecule has 0 saturated heterocycles. The SMILES string of the molecule is CN(C)N=Cc1ccccc1C=O. The van der Waals surface area contributed by atoms with Crippen molar-refractivity contribution in [2.75, 3.05) is 14.1 Å². The second-order valence-electron chi connectivity index (χ2n) is 2.84. The molecule has 0 aliphatic heterocycles. The lowest BCUT2D eigenvalue weighted by Gasteiger charge is -2.03. The Morgan fingerprint density at radius 1 is 1.23 bits per heavy atom. The van der Waals surface area contributed by atoms with E-state index in [1.165, 1.54) is 0 Å². The number of benzene rings is 1. The lowest BCUT2D eigenvalue weighted by atomic mass is 10.1. The first kappa shape index (κ1) is 9.45. The lowest BCUT2D eigenvalue weighted by Crippen LogP contribution is -2.02. The Bertz CT molecular complexity index is 318. The molecule has 0 amide bonds. The summed E-state index contributed by atoms with van der Waals surface area (Å²) in [6, 6.07) is 7.33. The van der Waals surface area contributed by atoms with Gasteiger partial charge in [0.2, 0.25) is 0 Å². The van der Waals surface area contributed by atoms with E-state index in [-0.39, 0.29) is 0 Å². The first-order valence-electron chi connectivity index (χ1n) is 3.99. The maximum Gasteiger partial charge on any atom is 0.150 e. The molecule has 0 heterocycles. The average molecular weight is 176 g/mol. The van der Waals surface area contributed by atoms with Gasteiger partial charge >= 0.3 is 0 Å². The monoisotopic (exact) mass is 176 g/mol. The molecular formula is C10H12N2O. The van der Waals surface area contributed by atoms with Gasteiger partial charge in [0.05, 0.1) is 6.21 Å². The maximum absolute atomic E-state index is 10.6. The second-order valence-corrected chi connectivity index (χ2v) is 2.84. The number of hydrazone groups is 1. The smallest absolute Gasteiger partial charge is 0.150 e. The van der Waals surface area contributed by atoms with E-state index in [4.69, 9.17) is 0 Å². The molecule has 68 valence electrons. The number of hydrogen-bond acceptors (Lipinski definition) is 3. The van der Waals surface area contributed by atoms with Crippen molar-refractivity contribution in [3.8, 4) is 0 Å². The van der Waals surface area contributed by atoms with Gasteiger partial charge in [-0.3, -0.25) is 4.79 Å². The Balaban J connectivity index is 2.93. The number of carbonyl (C=O) groups excluding carboxylic acids is 1. The Labute approximate surface area is 77.7 Å². The molecule has 13 heavy (non-hydrogen) atoms. The number of nitrogens with zero attached hydrogens (tertiary/aromatic N) is 2. The van der Waals surface area contributed by atoms with Crippen molar-refractivity contribution in [1.29, 1.82) is 0 Å². The molecule has 0 fully saturated rings. The molecule has 0 unspecified atom stereocenters. The zero-order valence-electron chi connectivity index (χ0n) is 7.77. The van der Waals surface area contributed by atoms with Crippen molar-refractivity contribution in [3.05, 3.63) is 35.4 Å². The Morgan fingerprint density at radius 2 is 1.85 bits per heavy atom. The molecule has 0 N–H and O–H groups in total. The van der Waals surface area contributed by atoms with Gasteiger partial charge < -0.3 is 5.01 Å². The third kappa shape index (κ3) is 2.71. The van der Waals surface area contributed by atoms with Gasteiger partial charge in [0.1, 0.15) is 0 Å². The predicted molar refractivity (Wildman–Crippen MR) is 53.1 cm³/mol. The average Bonchev–Trinajstić information content (AvgIpc) is 2.15. The summed E-state index contributed by atoms with van der Waals surface area (Å²) in [5.41, 5.74) is 1.50. The van der Waals surface area contributed by atoms with Crippen LogP contribution in [0.3, 0.4) is 0 Å². The minimum atomic E-state index is 0.660. The molecule has 0 aliphatic carbocycles. The molecular weight excluding hydrogens is 164 g/mol. The molecule has 1 aromatic carbocycles. The minimum Gasteiger partial charge on any atom is -0.303 e. The number of hydrogen-bond donors (Lipinski definition) is 0. The molecule has 0 atom stereocenters. The van der Waals surface area contributed by atoms with E-state index in [1.807, 2.05) is 32.3 Å². The van der Waals surface area contributed by atoms with Crippen molar-refractivity contribution in [1.82, 2.24) is 5.01 Å². The van der Waals surface area contributed by atoms with Gasteiger partial charge in [-0.1, -0.05) is 24.3 Å². The summed E-state index contributed by atoms with van der Waals surface area (Å²) in [5.74, 6) is 0. The van der Waals surface area contributed by atoms with E-state index < -0.39 is 0 Å². The van der Waals surface area contributed by atoms with Crippen LogP contribution >= 0.6 is 0 Å². The Kier molecular flexibility index (Phi) is 3.20. The van der Waals surface area contributed by atoms with Crippen LogP contribution in [0.1, 0.15) is 15.9 Å². The Hall–Kier alpha value is -1.64. The van der Waals surface area contributed by atoms with E-state index in [0.717, 1.165) is 11.8 Å². The molecule has 0 saturated carbocycles. The highest BCUT2D eigenvalue weighted by molar-refractivity contribution is 5.92. The largest absolute Gasteiger partial charge is 0.303 e. The van der Waals surface area contributed by atoms with E-state index in [9.17, 15) is 4.79 Å². The third-order valence-electron chi connectivity index (χ3n) is 1.55. The van der Waals surface area contributed by atoms with Gasteiger partial charge in [0.15, 0.2) is 6.29 Å². The number of aldehydes is 1. The molecule has 0 bridgehead atoms. The van der Waals surface area contributed by atoms with Crippen LogP contribution in [0.4, 0.5) is 0 Å². The van der Waals surface area contributed by atoms with Gasteiger partial charge in [0, 0.05) is 25.2 Å². The van der Waals surface area contributed by atoms with Crippen molar-refractivity contribution in [2.24, 2.45) is 5.10 Å². The van der Waals surface area contributed by atoms with Crippen molar-refractivity contribution >= 4 is 12.5 Å². The van der Waals surface area contributed by atoms with Crippen LogP contribution in [0.2, 0.25) is 0 Å². The van der Waals surface area contributed by atoms with Crippen LogP contribution < -0.4 is 0 Å². The second kappa shape index (κ2) is 4.40. The summed E-state index contributed by atoms with van der Waals surface area (Å²) >= 11 is 0. The molecule has 3 heteroatoms. The van der Waals surface area contributed by atoms with Gasteiger partial charge in [0.25, 0.3) is 0 Å². The normalized spacial score (nSPS) is 10.3. The highest BCUT2D eigenvalue weighted by atomic mass is 16.1. The molecule has 0 aliphatic rings. The van der Waals surface area contributed by atoms with Crippen LogP contribution in [0.5, 0.6) is 0 Å². The maximum atomic E-state index is 10.6. The first-order chi connectivity index (χ1) is 6.24. The van der Waals surface area contributed by atoms with E-state index in [2.05, 4.69) is 5.10 Å². The minimum absolute atomic E-state index is 0.660. The fraction of sp³-hybridized carbons (Fsp3) is 0.200. The standard InChI is InChI=1S/C10H12N2O/c1-12(2)11-7-9-5-3-4-6-10(9)8-13/h3-8H,1-2H3. The summed E-state index contributed by atoms with van der Waals surface area (Å²) in [7, 11) is 3.67. The van der Waals surface area contributed by atoms with Crippen molar-refractivity contribution in [3.63, 3.8) is 0 Å². The summed E-state index contributed by atoms with van der Waals surface area (Å²) < 4.78 is 0. The third-order valence-corrected chi connectivity index (χ3v) is 1.55. The molecule has 0 spiro atoms. The number of rotatable bonds is 3. The van der Waals surface area contributed by atoms with Crippen molar-refractivity contribution in [2.45, 2.75) is 0 Å². The lowest BCUT2D eigenvalue weighted by molar-refractivity contribution is 0.112. The van der Waals surface area contributed by atoms with Crippen LogP contribution in [0, 0.1) is 0 Å². The quantitative estimate of drug-likeness (QED) is 0.396. The van der Waals surface area contributed by atoms with Gasteiger partial charge in [-0.15, -0.1) is 0 Å². The molecule has 3 nitrogen and oxygen atoms in total. The summed E-state index contributed by atoms with van der Waals surface area (Å²) in [4.78, 5) is 10.6.